The summed E-state index contributed by atoms with van der Waals surface area (Å²) in [5.41, 5.74) is 0. The molecular weight excluding hydrogens is 186 g/mol. The molecule has 0 bridgehead atoms. The zero-order valence-corrected chi connectivity index (χ0v) is 9.60. The van der Waals surface area contributed by atoms with Crippen LogP contribution in [0.1, 0.15) is 40.0 Å². The van der Waals surface area contributed by atoms with Gasteiger partial charge in [0.1, 0.15) is 5.38 Å². The molecule has 0 aromatic rings. The number of alkyl halides is 1. The maximum absolute atomic E-state index is 11.6. The third-order valence-corrected chi connectivity index (χ3v) is 2.60. The second kappa shape index (κ2) is 7.19. The first-order valence-electron chi connectivity index (χ1n) is 5.10. The maximum atomic E-state index is 11.6. The second-order valence-electron chi connectivity index (χ2n) is 3.15. The van der Waals surface area contributed by atoms with Crippen LogP contribution in [-0.4, -0.2) is 29.3 Å². The van der Waals surface area contributed by atoms with Gasteiger partial charge in [-0.3, -0.25) is 4.79 Å². The Kier molecular flexibility index (Phi) is 7.06. The zero-order chi connectivity index (χ0) is 10.3. The lowest BCUT2D eigenvalue weighted by molar-refractivity contribution is -0.130. The molecule has 0 saturated carbocycles. The molecule has 2 nitrogen and oxygen atoms in total. The standard InChI is InChI=1S/C10H20ClNO/c1-4-7-8-12(6-3)10(13)9(11)5-2/h9H,4-8H2,1-3H3/t9-/m1/s1. The van der Waals surface area contributed by atoms with Crippen LogP contribution in [0.3, 0.4) is 0 Å². The molecule has 0 N–H and O–H groups in total. The minimum atomic E-state index is -0.336. The van der Waals surface area contributed by atoms with Crippen molar-refractivity contribution in [2.24, 2.45) is 0 Å². The minimum absolute atomic E-state index is 0.0834. The zero-order valence-electron chi connectivity index (χ0n) is 8.85. The first-order valence-corrected chi connectivity index (χ1v) is 5.53. The lowest BCUT2D eigenvalue weighted by atomic mass is 10.2. The largest absolute Gasteiger partial charge is 0.342 e. The van der Waals surface area contributed by atoms with Gasteiger partial charge >= 0.3 is 0 Å². The Hall–Kier alpha value is -0.240. The number of carbonyl (C=O) groups is 1. The highest BCUT2D eigenvalue weighted by Crippen LogP contribution is 2.07. The monoisotopic (exact) mass is 205 g/mol. The third kappa shape index (κ3) is 4.51. The van der Waals surface area contributed by atoms with Gasteiger partial charge in [0.15, 0.2) is 0 Å². The molecule has 0 saturated heterocycles. The quantitative estimate of drug-likeness (QED) is 0.611. The Labute approximate surface area is 86.2 Å². The predicted molar refractivity (Wildman–Crippen MR) is 57.1 cm³/mol. The molecule has 0 aromatic carbocycles. The van der Waals surface area contributed by atoms with E-state index in [9.17, 15) is 4.79 Å². The van der Waals surface area contributed by atoms with Crippen molar-refractivity contribution in [3.63, 3.8) is 0 Å². The summed E-state index contributed by atoms with van der Waals surface area (Å²) in [5.74, 6) is 0.0834. The Morgan fingerprint density at radius 1 is 1.38 bits per heavy atom. The molecule has 1 atom stereocenters. The van der Waals surface area contributed by atoms with E-state index in [0.717, 1.165) is 25.9 Å². The number of amides is 1. The van der Waals surface area contributed by atoms with E-state index in [-0.39, 0.29) is 11.3 Å². The van der Waals surface area contributed by atoms with Crippen LogP contribution >= 0.6 is 11.6 Å². The van der Waals surface area contributed by atoms with Gasteiger partial charge in [-0.05, 0) is 19.8 Å². The molecule has 0 spiro atoms. The molecule has 0 radical (unpaired) electrons. The van der Waals surface area contributed by atoms with Crippen molar-refractivity contribution in [2.75, 3.05) is 13.1 Å². The van der Waals surface area contributed by atoms with E-state index in [2.05, 4.69) is 6.92 Å². The van der Waals surface area contributed by atoms with E-state index in [1.807, 2.05) is 18.7 Å². The molecule has 0 heterocycles. The van der Waals surface area contributed by atoms with Gasteiger partial charge in [-0.25, -0.2) is 0 Å². The maximum Gasteiger partial charge on any atom is 0.240 e. The van der Waals surface area contributed by atoms with E-state index < -0.39 is 0 Å². The molecule has 1 amide bonds. The van der Waals surface area contributed by atoms with E-state index in [0.29, 0.717) is 6.42 Å². The summed E-state index contributed by atoms with van der Waals surface area (Å²) < 4.78 is 0. The van der Waals surface area contributed by atoms with Crippen molar-refractivity contribution in [1.82, 2.24) is 4.90 Å². The molecule has 0 aromatic heterocycles. The summed E-state index contributed by atoms with van der Waals surface area (Å²) in [4.78, 5) is 13.4. The highest BCUT2D eigenvalue weighted by molar-refractivity contribution is 6.30. The van der Waals surface area contributed by atoms with Crippen molar-refractivity contribution >= 4 is 17.5 Å². The molecule has 0 aliphatic heterocycles. The van der Waals surface area contributed by atoms with E-state index in [1.54, 1.807) is 0 Å². The molecule has 0 fully saturated rings. The van der Waals surface area contributed by atoms with Gasteiger partial charge in [0, 0.05) is 13.1 Å². The van der Waals surface area contributed by atoms with Crippen LogP contribution in [0.2, 0.25) is 0 Å². The summed E-state index contributed by atoms with van der Waals surface area (Å²) in [5, 5.41) is -0.336. The fraction of sp³-hybridized carbons (Fsp3) is 0.900. The molecular formula is C10H20ClNO. The van der Waals surface area contributed by atoms with Crippen molar-refractivity contribution in [1.29, 1.82) is 0 Å². The van der Waals surface area contributed by atoms with Crippen LogP contribution in [0.5, 0.6) is 0 Å². The van der Waals surface area contributed by atoms with Gasteiger partial charge in [-0.2, -0.15) is 0 Å². The molecule has 0 unspecified atom stereocenters. The number of nitrogens with zero attached hydrogens (tertiary/aromatic N) is 1. The SMILES string of the molecule is CCCCN(CC)C(=O)[C@H](Cl)CC. The van der Waals surface area contributed by atoms with Gasteiger partial charge in [0.05, 0.1) is 0 Å². The van der Waals surface area contributed by atoms with Crippen molar-refractivity contribution in [2.45, 2.75) is 45.4 Å². The highest BCUT2D eigenvalue weighted by Gasteiger charge is 2.18. The van der Waals surface area contributed by atoms with E-state index in [1.165, 1.54) is 0 Å². The molecule has 13 heavy (non-hydrogen) atoms. The summed E-state index contributed by atoms with van der Waals surface area (Å²) in [6.45, 7) is 7.66. The minimum Gasteiger partial charge on any atom is -0.342 e. The Morgan fingerprint density at radius 2 is 2.00 bits per heavy atom. The van der Waals surface area contributed by atoms with Crippen molar-refractivity contribution in [3.8, 4) is 0 Å². The summed E-state index contributed by atoms with van der Waals surface area (Å²) in [6.07, 6.45) is 2.89. The average molecular weight is 206 g/mol. The molecule has 78 valence electrons. The van der Waals surface area contributed by atoms with Gasteiger partial charge in [0.25, 0.3) is 0 Å². The Bertz CT molecular complexity index is 150. The van der Waals surface area contributed by atoms with Crippen LogP contribution in [-0.2, 0) is 4.79 Å². The number of hydrogen-bond acceptors (Lipinski definition) is 1. The molecule has 3 heteroatoms. The number of carbonyl (C=O) groups excluding carboxylic acids is 1. The summed E-state index contributed by atoms with van der Waals surface area (Å²) in [7, 11) is 0. The first kappa shape index (κ1) is 12.8. The highest BCUT2D eigenvalue weighted by atomic mass is 35.5. The Morgan fingerprint density at radius 3 is 2.38 bits per heavy atom. The number of hydrogen-bond donors (Lipinski definition) is 0. The van der Waals surface area contributed by atoms with Gasteiger partial charge < -0.3 is 4.90 Å². The lowest BCUT2D eigenvalue weighted by Gasteiger charge is -2.22. The number of unbranched alkanes of at least 4 members (excludes halogenated alkanes) is 1. The first-order chi connectivity index (χ1) is 6.17. The van der Waals surface area contributed by atoms with Gasteiger partial charge in [0.2, 0.25) is 5.91 Å². The third-order valence-electron chi connectivity index (χ3n) is 2.10. The van der Waals surface area contributed by atoms with Crippen LogP contribution in [0, 0.1) is 0 Å². The van der Waals surface area contributed by atoms with Crippen molar-refractivity contribution < 1.29 is 4.79 Å². The second-order valence-corrected chi connectivity index (χ2v) is 3.67. The van der Waals surface area contributed by atoms with Gasteiger partial charge in [-0.15, -0.1) is 11.6 Å². The van der Waals surface area contributed by atoms with Crippen molar-refractivity contribution in [3.05, 3.63) is 0 Å². The van der Waals surface area contributed by atoms with Gasteiger partial charge in [-0.1, -0.05) is 20.3 Å². The average Bonchev–Trinajstić information content (AvgIpc) is 2.17. The predicted octanol–water partition coefficient (Wildman–Crippen LogP) is 2.65. The summed E-state index contributed by atoms with van der Waals surface area (Å²) >= 11 is 5.88. The molecule has 0 aliphatic rings. The normalized spacial score (nSPS) is 12.6. The summed E-state index contributed by atoms with van der Waals surface area (Å²) in [6, 6.07) is 0. The smallest absolute Gasteiger partial charge is 0.240 e. The number of halogens is 1. The fourth-order valence-electron chi connectivity index (χ4n) is 1.15. The molecule has 0 aliphatic carbocycles. The molecule has 0 rings (SSSR count). The Balaban J connectivity index is 3.98. The van der Waals surface area contributed by atoms with Crippen LogP contribution < -0.4 is 0 Å². The topological polar surface area (TPSA) is 20.3 Å². The van der Waals surface area contributed by atoms with Crippen LogP contribution in [0.25, 0.3) is 0 Å². The fourth-order valence-corrected chi connectivity index (χ4v) is 1.28. The number of rotatable bonds is 6. The van der Waals surface area contributed by atoms with E-state index >= 15 is 0 Å². The van der Waals surface area contributed by atoms with Crippen LogP contribution in [0.4, 0.5) is 0 Å². The lowest BCUT2D eigenvalue weighted by Crippen LogP contribution is -2.37. The van der Waals surface area contributed by atoms with Crippen LogP contribution in [0.15, 0.2) is 0 Å². The van der Waals surface area contributed by atoms with E-state index in [4.69, 9.17) is 11.6 Å².